The number of nitrogens with zero attached hydrogens (tertiary/aromatic N) is 1. The third-order valence-corrected chi connectivity index (χ3v) is 2.39. The Balaban J connectivity index is 2.06. The smallest absolute Gasteiger partial charge is 0.317 e. The van der Waals surface area contributed by atoms with Crippen LogP contribution in [0.4, 0.5) is 0 Å². The molecule has 18 heavy (non-hydrogen) atoms. The standard InChI is InChI=1S/C14H12N2O2/c1-18-14(17)4-2-3-11-5-7-12(8-6-11)13-9-15-10-16-13/h5-10H,4H2,1H3,(H,15,16). The Hall–Kier alpha value is -2.54. The van der Waals surface area contributed by atoms with Crippen molar-refractivity contribution in [1.82, 2.24) is 9.97 Å². The molecule has 4 nitrogen and oxygen atoms in total. The molecule has 1 aromatic heterocycles. The predicted molar refractivity (Wildman–Crippen MR) is 67.5 cm³/mol. The van der Waals surface area contributed by atoms with Gasteiger partial charge in [-0.1, -0.05) is 24.0 Å². The van der Waals surface area contributed by atoms with Crippen LogP contribution in [-0.2, 0) is 9.53 Å². The summed E-state index contributed by atoms with van der Waals surface area (Å²) in [5.41, 5.74) is 2.87. The third kappa shape index (κ3) is 2.98. The molecular formula is C14H12N2O2. The Bertz CT molecular complexity index is 575. The molecule has 0 atom stereocenters. The van der Waals surface area contributed by atoms with E-state index in [1.54, 1.807) is 12.5 Å². The molecule has 0 aliphatic rings. The third-order valence-electron chi connectivity index (χ3n) is 2.39. The van der Waals surface area contributed by atoms with E-state index < -0.39 is 0 Å². The van der Waals surface area contributed by atoms with Crippen LogP contribution in [0.1, 0.15) is 12.0 Å². The molecule has 0 bridgehead atoms. The molecule has 0 saturated heterocycles. The molecule has 1 aromatic carbocycles. The number of ether oxygens (including phenoxy) is 1. The first-order valence-electron chi connectivity index (χ1n) is 5.44. The molecule has 0 spiro atoms. The summed E-state index contributed by atoms with van der Waals surface area (Å²) < 4.78 is 4.50. The number of nitrogens with one attached hydrogen (secondary N) is 1. The number of hydrogen-bond acceptors (Lipinski definition) is 3. The summed E-state index contributed by atoms with van der Waals surface area (Å²) in [7, 11) is 1.35. The SMILES string of the molecule is COC(=O)CC#Cc1ccc(-c2cnc[nH]2)cc1. The van der Waals surface area contributed by atoms with Gasteiger partial charge >= 0.3 is 5.97 Å². The topological polar surface area (TPSA) is 55.0 Å². The molecule has 1 N–H and O–H groups in total. The molecule has 0 fully saturated rings. The van der Waals surface area contributed by atoms with Crippen molar-refractivity contribution < 1.29 is 9.53 Å². The van der Waals surface area contributed by atoms with E-state index in [2.05, 4.69) is 26.5 Å². The zero-order valence-corrected chi connectivity index (χ0v) is 9.93. The molecule has 0 radical (unpaired) electrons. The minimum atomic E-state index is -0.323. The van der Waals surface area contributed by atoms with Gasteiger partial charge < -0.3 is 9.72 Å². The van der Waals surface area contributed by atoms with Crippen molar-refractivity contribution in [2.45, 2.75) is 6.42 Å². The normalized spacial score (nSPS) is 9.39. The molecule has 2 aromatic rings. The maximum absolute atomic E-state index is 10.9. The Morgan fingerprint density at radius 2 is 2.17 bits per heavy atom. The number of carbonyl (C=O) groups excluding carboxylic acids is 1. The summed E-state index contributed by atoms with van der Waals surface area (Å²) in [5.74, 6) is 5.35. The van der Waals surface area contributed by atoms with Crippen molar-refractivity contribution in [2.75, 3.05) is 7.11 Å². The van der Waals surface area contributed by atoms with Crippen molar-refractivity contribution in [2.24, 2.45) is 0 Å². The number of hydrogen-bond donors (Lipinski definition) is 1. The van der Waals surface area contributed by atoms with Gasteiger partial charge in [0.1, 0.15) is 6.42 Å². The molecule has 4 heteroatoms. The van der Waals surface area contributed by atoms with E-state index in [9.17, 15) is 4.79 Å². The van der Waals surface area contributed by atoms with Crippen LogP contribution >= 0.6 is 0 Å². The number of aromatic nitrogens is 2. The van der Waals surface area contributed by atoms with Crippen LogP contribution in [0, 0.1) is 11.8 Å². The lowest BCUT2D eigenvalue weighted by Crippen LogP contribution is -1.96. The Labute approximate surface area is 105 Å². The fourth-order valence-corrected chi connectivity index (χ4v) is 1.44. The number of methoxy groups -OCH3 is 1. The van der Waals surface area contributed by atoms with Crippen LogP contribution in [-0.4, -0.2) is 23.0 Å². The minimum Gasteiger partial charge on any atom is -0.468 e. The first-order valence-corrected chi connectivity index (χ1v) is 5.44. The van der Waals surface area contributed by atoms with Crippen LogP contribution in [0.15, 0.2) is 36.8 Å². The summed E-state index contributed by atoms with van der Waals surface area (Å²) in [6, 6.07) is 7.71. The van der Waals surface area contributed by atoms with Gasteiger partial charge in [0.2, 0.25) is 0 Å². The summed E-state index contributed by atoms with van der Waals surface area (Å²) in [6.07, 6.45) is 3.51. The predicted octanol–water partition coefficient (Wildman–Crippen LogP) is 1.99. The Morgan fingerprint density at radius 1 is 1.39 bits per heavy atom. The highest BCUT2D eigenvalue weighted by Gasteiger charge is 1.98. The van der Waals surface area contributed by atoms with E-state index in [0.717, 1.165) is 16.8 Å². The summed E-state index contributed by atoms with van der Waals surface area (Å²) in [6.45, 7) is 0. The van der Waals surface area contributed by atoms with Crippen molar-refractivity contribution in [3.05, 3.63) is 42.4 Å². The molecule has 0 aliphatic heterocycles. The number of rotatable bonds is 2. The van der Waals surface area contributed by atoms with Crippen LogP contribution in [0.3, 0.4) is 0 Å². The maximum atomic E-state index is 10.9. The molecule has 1 heterocycles. The van der Waals surface area contributed by atoms with Crippen LogP contribution < -0.4 is 0 Å². The number of carbonyl (C=O) groups is 1. The summed E-state index contributed by atoms with van der Waals surface area (Å²) in [5, 5.41) is 0. The van der Waals surface area contributed by atoms with Gasteiger partial charge in [-0.3, -0.25) is 4.79 Å². The largest absolute Gasteiger partial charge is 0.468 e. The molecule has 0 unspecified atom stereocenters. The monoisotopic (exact) mass is 240 g/mol. The lowest BCUT2D eigenvalue weighted by atomic mass is 10.1. The average molecular weight is 240 g/mol. The lowest BCUT2D eigenvalue weighted by molar-refractivity contribution is -0.139. The molecular weight excluding hydrogens is 228 g/mol. The highest BCUT2D eigenvalue weighted by atomic mass is 16.5. The number of H-pyrrole nitrogens is 1. The molecule has 0 aliphatic carbocycles. The number of esters is 1. The molecule has 2 rings (SSSR count). The fraction of sp³-hybridized carbons (Fsp3) is 0.143. The Morgan fingerprint density at radius 3 is 2.78 bits per heavy atom. The van der Waals surface area contributed by atoms with E-state index in [1.807, 2.05) is 24.3 Å². The van der Waals surface area contributed by atoms with Gasteiger partial charge in [-0.05, 0) is 17.7 Å². The van der Waals surface area contributed by atoms with Crippen LogP contribution in [0.5, 0.6) is 0 Å². The molecule has 0 saturated carbocycles. The minimum absolute atomic E-state index is 0.110. The Kier molecular flexibility index (Phi) is 3.77. The van der Waals surface area contributed by atoms with Crippen LogP contribution in [0.2, 0.25) is 0 Å². The van der Waals surface area contributed by atoms with Crippen molar-refractivity contribution in [1.29, 1.82) is 0 Å². The number of aromatic amines is 1. The van der Waals surface area contributed by atoms with Crippen molar-refractivity contribution in [3.63, 3.8) is 0 Å². The second-order valence-corrected chi connectivity index (χ2v) is 3.60. The second kappa shape index (κ2) is 5.69. The van der Waals surface area contributed by atoms with Gasteiger partial charge in [0.25, 0.3) is 0 Å². The van der Waals surface area contributed by atoms with E-state index in [1.165, 1.54) is 7.11 Å². The van der Waals surface area contributed by atoms with E-state index in [4.69, 9.17) is 0 Å². The zero-order chi connectivity index (χ0) is 12.8. The lowest BCUT2D eigenvalue weighted by Gasteiger charge is -1.97. The first-order chi connectivity index (χ1) is 8.79. The van der Waals surface area contributed by atoms with Gasteiger partial charge in [-0.25, -0.2) is 4.98 Å². The van der Waals surface area contributed by atoms with E-state index in [0.29, 0.717) is 0 Å². The highest BCUT2D eigenvalue weighted by molar-refractivity contribution is 5.72. The van der Waals surface area contributed by atoms with Crippen molar-refractivity contribution in [3.8, 4) is 23.1 Å². The average Bonchev–Trinajstić information content (AvgIpc) is 2.93. The first kappa shape index (κ1) is 11.9. The number of benzene rings is 1. The van der Waals surface area contributed by atoms with Gasteiger partial charge in [-0.15, -0.1) is 0 Å². The maximum Gasteiger partial charge on any atom is 0.317 e. The van der Waals surface area contributed by atoms with E-state index >= 15 is 0 Å². The zero-order valence-electron chi connectivity index (χ0n) is 9.93. The van der Waals surface area contributed by atoms with Crippen molar-refractivity contribution >= 4 is 5.97 Å². The molecule has 90 valence electrons. The quantitative estimate of drug-likeness (QED) is 0.645. The van der Waals surface area contributed by atoms with Crippen LogP contribution in [0.25, 0.3) is 11.3 Å². The van der Waals surface area contributed by atoms with Gasteiger partial charge in [0.05, 0.1) is 25.3 Å². The van der Waals surface area contributed by atoms with Gasteiger partial charge in [-0.2, -0.15) is 0 Å². The molecule has 0 amide bonds. The highest BCUT2D eigenvalue weighted by Crippen LogP contribution is 2.15. The van der Waals surface area contributed by atoms with Gasteiger partial charge in [0, 0.05) is 5.56 Å². The number of imidazole rings is 1. The summed E-state index contributed by atoms with van der Waals surface area (Å²) >= 11 is 0. The summed E-state index contributed by atoms with van der Waals surface area (Å²) in [4.78, 5) is 17.9. The van der Waals surface area contributed by atoms with E-state index in [-0.39, 0.29) is 12.4 Å². The second-order valence-electron chi connectivity index (χ2n) is 3.60. The fourth-order valence-electron chi connectivity index (χ4n) is 1.44. The van der Waals surface area contributed by atoms with Gasteiger partial charge in [0.15, 0.2) is 0 Å².